The molecule has 0 saturated carbocycles. The van der Waals surface area contributed by atoms with Gasteiger partial charge in [0.25, 0.3) is 0 Å². The fourth-order valence-corrected chi connectivity index (χ4v) is 4.83. The fourth-order valence-electron chi connectivity index (χ4n) is 4.83. The summed E-state index contributed by atoms with van der Waals surface area (Å²) >= 11 is 0. The van der Waals surface area contributed by atoms with Crippen LogP contribution in [0.5, 0.6) is 0 Å². The molecule has 1 fully saturated rings. The first-order valence-electron chi connectivity index (χ1n) is 11.9. The van der Waals surface area contributed by atoms with Crippen molar-refractivity contribution in [1.29, 1.82) is 0 Å². The van der Waals surface area contributed by atoms with E-state index in [1.54, 1.807) is 4.90 Å². The molecular weight excluding hydrogens is 424 g/mol. The van der Waals surface area contributed by atoms with Crippen molar-refractivity contribution in [2.24, 2.45) is 5.92 Å². The molecule has 1 amide bonds. The van der Waals surface area contributed by atoms with E-state index in [0.717, 1.165) is 24.0 Å². The van der Waals surface area contributed by atoms with Gasteiger partial charge in [0.1, 0.15) is 0 Å². The largest absolute Gasteiger partial charge is 0.481 e. The number of likely N-dealkylation sites (tertiary alicyclic amines) is 1. The minimum absolute atomic E-state index is 0.0510. The Balaban J connectivity index is 1.48. The van der Waals surface area contributed by atoms with Crippen LogP contribution in [0.4, 0.5) is 0 Å². The molecule has 0 aromatic heterocycles. The predicted octanol–water partition coefficient (Wildman–Crippen LogP) is 4.34. The first-order chi connectivity index (χ1) is 16.5. The third-order valence-corrected chi connectivity index (χ3v) is 6.67. The van der Waals surface area contributed by atoms with Gasteiger partial charge in [-0.1, -0.05) is 91.0 Å². The van der Waals surface area contributed by atoms with E-state index in [1.165, 1.54) is 5.56 Å². The summed E-state index contributed by atoms with van der Waals surface area (Å²) in [6.07, 6.45) is 1.82. The summed E-state index contributed by atoms with van der Waals surface area (Å²) < 4.78 is 0. The van der Waals surface area contributed by atoms with Crippen LogP contribution in [0.3, 0.4) is 0 Å². The third kappa shape index (κ3) is 5.72. The van der Waals surface area contributed by atoms with Crippen molar-refractivity contribution < 1.29 is 14.7 Å². The lowest BCUT2D eigenvalue weighted by Crippen LogP contribution is -2.44. The molecule has 4 rings (SSSR count). The Morgan fingerprint density at radius 2 is 1.41 bits per heavy atom. The van der Waals surface area contributed by atoms with Crippen LogP contribution in [0, 0.1) is 5.92 Å². The van der Waals surface area contributed by atoms with Gasteiger partial charge in [0, 0.05) is 25.2 Å². The lowest BCUT2D eigenvalue weighted by Gasteiger charge is -2.25. The van der Waals surface area contributed by atoms with E-state index in [2.05, 4.69) is 24.4 Å². The molecule has 34 heavy (non-hydrogen) atoms. The van der Waals surface area contributed by atoms with Gasteiger partial charge >= 0.3 is 5.97 Å². The zero-order valence-corrected chi connectivity index (χ0v) is 19.5. The van der Waals surface area contributed by atoms with Crippen molar-refractivity contribution >= 4 is 11.9 Å². The van der Waals surface area contributed by atoms with Crippen molar-refractivity contribution in [1.82, 2.24) is 10.2 Å². The summed E-state index contributed by atoms with van der Waals surface area (Å²) in [6, 6.07) is 29.6. The molecule has 176 valence electrons. The lowest BCUT2D eigenvalue weighted by molar-refractivity contribution is -0.142. The first-order valence-corrected chi connectivity index (χ1v) is 11.9. The topological polar surface area (TPSA) is 69.6 Å². The van der Waals surface area contributed by atoms with Crippen LogP contribution in [0.25, 0.3) is 0 Å². The Bertz CT molecular complexity index is 1030. The molecule has 3 aromatic rings. The average Bonchev–Trinajstić information content (AvgIpc) is 3.29. The van der Waals surface area contributed by atoms with Gasteiger partial charge in [-0.2, -0.15) is 0 Å². The Morgan fingerprint density at radius 3 is 1.94 bits per heavy atom. The molecule has 0 spiro atoms. The molecule has 3 aromatic carbocycles. The summed E-state index contributed by atoms with van der Waals surface area (Å²) in [5.41, 5.74) is 3.10. The summed E-state index contributed by atoms with van der Waals surface area (Å²) in [4.78, 5) is 27.6. The number of aryl methyl sites for hydroxylation is 1. The normalized spacial score (nSPS) is 18.7. The van der Waals surface area contributed by atoms with Crippen LogP contribution < -0.4 is 5.32 Å². The van der Waals surface area contributed by atoms with Crippen molar-refractivity contribution in [2.45, 2.75) is 37.8 Å². The number of hydrogen-bond donors (Lipinski definition) is 2. The number of carbonyl (C=O) groups is 2. The van der Waals surface area contributed by atoms with Crippen molar-refractivity contribution in [3.05, 3.63) is 108 Å². The molecule has 1 aliphatic heterocycles. The van der Waals surface area contributed by atoms with E-state index in [0.29, 0.717) is 6.54 Å². The molecule has 0 aliphatic carbocycles. The number of nitrogens with one attached hydrogen (secondary N) is 1. The second-order valence-corrected chi connectivity index (χ2v) is 9.14. The summed E-state index contributed by atoms with van der Waals surface area (Å²) in [6.45, 7) is 2.69. The van der Waals surface area contributed by atoms with E-state index in [1.807, 2.05) is 78.9 Å². The Labute approximate surface area is 201 Å². The molecular formula is C29H32N2O3. The van der Waals surface area contributed by atoms with Gasteiger partial charge in [-0.3, -0.25) is 9.59 Å². The van der Waals surface area contributed by atoms with E-state index in [9.17, 15) is 14.7 Å². The number of amides is 1. The molecule has 0 bridgehead atoms. The number of hydrogen-bond acceptors (Lipinski definition) is 3. The molecule has 1 unspecified atom stereocenters. The van der Waals surface area contributed by atoms with Gasteiger partial charge in [-0.25, -0.2) is 0 Å². The molecule has 1 saturated heterocycles. The Morgan fingerprint density at radius 1 is 0.882 bits per heavy atom. The quantitative estimate of drug-likeness (QED) is 0.503. The third-order valence-electron chi connectivity index (χ3n) is 6.67. The maximum absolute atomic E-state index is 13.8. The summed E-state index contributed by atoms with van der Waals surface area (Å²) in [7, 11) is 0. The van der Waals surface area contributed by atoms with E-state index < -0.39 is 17.8 Å². The Kier molecular flexibility index (Phi) is 7.76. The Hall–Kier alpha value is -3.44. The highest BCUT2D eigenvalue weighted by Gasteiger charge is 2.42. The lowest BCUT2D eigenvalue weighted by atomic mass is 9.90. The number of carbonyl (C=O) groups excluding carboxylic acids is 1. The highest BCUT2D eigenvalue weighted by Crippen LogP contribution is 2.30. The average molecular weight is 457 g/mol. The number of nitrogens with zero attached hydrogens (tertiary/aromatic N) is 1. The van der Waals surface area contributed by atoms with Crippen molar-refractivity contribution in [3.63, 3.8) is 0 Å². The van der Waals surface area contributed by atoms with Crippen LogP contribution in [-0.2, 0) is 16.0 Å². The number of rotatable bonds is 9. The highest BCUT2D eigenvalue weighted by molar-refractivity contribution is 5.88. The maximum Gasteiger partial charge on any atom is 0.309 e. The maximum atomic E-state index is 13.8. The fraction of sp³-hybridized carbons (Fsp3) is 0.310. The molecule has 0 radical (unpaired) electrons. The summed E-state index contributed by atoms with van der Waals surface area (Å²) in [5, 5.41) is 13.4. The van der Waals surface area contributed by atoms with Crippen molar-refractivity contribution in [3.8, 4) is 0 Å². The van der Waals surface area contributed by atoms with Gasteiger partial charge in [-0.05, 0) is 36.5 Å². The van der Waals surface area contributed by atoms with E-state index in [-0.39, 0.29) is 24.5 Å². The van der Waals surface area contributed by atoms with Crippen LogP contribution in [-0.4, -0.2) is 47.1 Å². The number of aliphatic carboxylic acids is 1. The highest BCUT2D eigenvalue weighted by atomic mass is 16.4. The predicted molar refractivity (Wildman–Crippen MR) is 134 cm³/mol. The number of benzene rings is 3. The molecule has 5 nitrogen and oxygen atoms in total. The molecule has 1 heterocycles. The van der Waals surface area contributed by atoms with Crippen LogP contribution in [0.15, 0.2) is 91.0 Å². The minimum Gasteiger partial charge on any atom is -0.481 e. The SMILES string of the molecule is CC(CCc1ccccc1)N[C@@H]1CN(C(=O)C(c2ccccc2)c2ccccc2)C[C@H]1C(=O)O. The van der Waals surface area contributed by atoms with Crippen LogP contribution >= 0.6 is 0 Å². The standard InChI is InChI=1S/C29H32N2O3/c1-21(17-18-22-11-5-2-6-12-22)30-26-20-31(19-25(26)29(33)34)28(32)27(23-13-7-3-8-14-23)24-15-9-4-10-16-24/h2-16,21,25-27,30H,17-20H2,1H3,(H,33,34)/t21?,25-,26-/m1/s1. The van der Waals surface area contributed by atoms with Gasteiger partial charge in [0.15, 0.2) is 0 Å². The molecule has 3 atom stereocenters. The zero-order chi connectivity index (χ0) is 23.9. The van der Waals surface area contributed by atoms with E-state index in [4.69, 9.17) is 0 Å². The molecule has 2 N–H and O–H groups in total. The smallest absolute Gasteiger partial charge is 0.309 e. The second-order valence-electron chi connectivity index (χ2n) is 9.14. The van der Waals surface area contributed by atoms with Crippen LogP contribution in [0.2, 0.25) is 0 Å². The monoisotopic (exact) mass is 456 g/mol. The van der Waals surface area contributed by atoms with Crippen LogP contribution in [0.1, 0.15) is 36.0 Å². The van der Waals surface area contributed by atoms with Gasteiger partial charge in [0.05, 0.1) is 11.8 Å². The van der Waals surface area contributed by atoms with Gasteiger partial charge in [0.2, 0.25) is 5.91 Å². The minimum atomic E-state index is -0.862. The molecule has 1 aliphatic rings. The first kappa shape index (κ1) is 23.7. The number of carboxylic acids is 1. The second kappa shape index (κ2) is 11.1. The van der Waals surface area contributed by atoms with E-state index >= 15 is 0 Å². The number of carboxylic acid groups (broad SMARTS) is 1. The van der Waals surface area contributed by atoms with Gasteiger partial charge in [-0.15, -0.1) is 0 Å². The van der Waals surface area contributed by atoms with Gasteiger partial charge < -0.3 is 15.3 Å². The molecule has 5 heteroatoms. The van der Waals surface area contributed by atoms with Crippen molar-refractivity contribution in [2.75, 3.05) is 13.1 Å². The summed E-state index contributed by atoms with van der Waals surface area (Å²) in [5.74, 6) is -2.00. The zero-order valence-electron chi connectivity index (χ0n) is 19.5.